The highest BCUT2D eigenvalue weighted by molar-refractivity contribution is 5.94. The van der Waals surface area contributed by atoms with Gasteiger partial charge in [-0.3, -0.25) is 9.59 Å². The number of benzene rings is 1. The monoisotopic (exact) mass is 444 g/mol. The third-order valence-corrected chi connectivity index (χ3v) is 5.27. The van der Waals surface area contributed by atoms with E-state index >= 15 is 0 Å². The first-order chi connectivity index (χ1) is 15.3. The van der Waals surface area contributed by atoms with Crippen LogP contribution in [0.1, 0.15) is 40.6 Å². The van der Waals surface area contributed by atoms with Crippen molar-refractivity contribution in [2.45, 2.75) is 25.1 Å². The molecule has 1 aromatic carbocycles. The first kappa shape index (κ1) is 21.5. The Kier molecular flexibility index (Phi) is 5.68. The molecule has 0 bridgehead atoms. The maximum atomic E-state index is 13.1. The minimum absolute atomic E-state index is 0.0702. The fourth-order valence-electron chi connectivity index (χ4n) is 3.81. The van der Waals surface area contributed by atoms with Crippen molar-refractivity contribution in [1.82, 2.24) is 19.9 Å². The number of alkyl halides is 3. The lowest BCUT2D eigenvalue weighted by Gasteiger charge is -2.24. The average Bonchev–Trinajstić information content (AvgIpc) is 3.27. The Morgan fingerprint density at radius 3 is 2.78 bits per heavy atom. The summed E-state index contributed by atoms with van der Waals surface area (Å²) in [4.78, 5) is 38.2. The highest BCUT2D eigenvalue weighted by Gasteiger charge is 2.35. The highest BCUT2D eigenvalue weighted by Crippen LogP contribution is 2.34. The lowest BCUT2D eigenvalue weighted by Crippen LogP contribution is -2.32. The molecule has 1 saturated heterocycles. The van der Waals surface area contributed by atoms with E-state index in [-0.39, 0.29) is 11.4 Å². The Labute approximate surface area is 180 Å². The first-order valence-corrected chi connectivity index (χ1v) is 9.87. The number of carbonyl (C=O) groups excluding carboxylic acids is 1. The standard InChI is InChI=1S/C22H19F3N4O3/c1-32-20-15(7-3-9-26-20)16-12-18(30)28-19(27-16)17-8-4-10-29(17)21(31)13-5-2-6-14(11-13)22(23,24)25/h2-3,5-7,9,11-12,17H,4,8,10H2,1H3,(H,27,28,30). The van der Waals surface area contributed by atoms with Crippen molar-refractivity contribution < 1.29 is 22.7 Å². The number of aromatic nitrogens is 3. The average molecular weight is 444 g/mol. The van der Waals surface area contributed by atoms with Crippen molar-refractivity contribution in [3.63, 3.8) is 0 Å². The van der Waals surface area contributed by atoms with Gasteiger partial charge in [-0.15, -0.1) is 0 Å². The molecule has 1 unspecified atom stereocenters. The van der Waals surface area contributed by atoms with Gasteiger partial charge in [0.1, 0.15) is 5.82 Å². The number of rotatable bonds is 4. The van der Waals surface area contributed by atoms with Crippen molar-refractivity contribution in [2.75, 3.05) is 13.7 Å². The fraction of sp³-hybridized carbons (Fsp3) is 0.273. The Morgan fingerprint density at radius 1 is 1.22 bits per heavy atom. The summed E-state index contributed by atoms with van der Waals surface area (Å²) in [6.45, 7) is 0.337. The minimum Gasteiger partial charge on any atom is -0.481 e. The maximum Gasteiger partial charge on any atom is 0.416 e. The molecule has 0 radical (unpaired) electrons. The first-order valence-electron chi connectivity index (χ1n) is 9.87. The third-order valence-electron chi connectivity index (χ3n) is 5.27. The number of nitrogens with one attached hydrogen (secondary N) is 1. The molecule has 2 aromatic heterocycles. The van der Waals surface area contributed by atoms with Crippen molar-refractivity contribution in [1.29, 1.82) is 0 Å². The molecule has 0 saturated carbocycles. The number of halogens is 3. The zero-order valence-electron chi connectivity index (χ0n) is 17.0. The molecule has 1 aliphatic rings. The van der Waals surface area contributed by atoms with E-state index in [2.05, 4.69) is 15.0 Å². The van der Waals surface area contributed by atoms with Gasteiger partial charge in [0.25, 0.3) is 11.5 Å². The molecule has 32 heavy (non-hydrogen) atoms. The van der Waals surface area contributed by atoms with E-state index < -0.39 is 29.2 Å². The van der Waals surface area contributed by atoms with Crippen LogP contribution in [0.4, 0.5) is 13.2 Å². The number of ether oxygens (including phenoxy) is 1. The molecule has 0 aliphatic carbocycles. The molecule has 7 nitrogen and oxygen atoms in total. The molecule has 1 N–H and O–H groups in total. The van der Waals surface area contributed by atoms with Gasteiger partial charge >= 0.3 is 6.18 Å². The molecule has 1 amide bonds. The molecule has 0 spiro atoms. The summed E-state index contributed by atoms with van der Waals surface area (Å²) in [5, 5.41) is 0. The molecule has 4 rings (SSSR count). The van der Waals surface area contributed by atoms with E-state index in [0.717, 1.165) is 12.1 Å². The van der Waals surface area contributed by atoms with Crippen molar-refractivity contribution in [3.05, 3.63) is 76.0 Å². The number of amides is 1. The lowest BCUT2D eigenvalue weighted by atomic mass is 10.1. The van der Waals surface area contributed by atoms with Gasteiger partial charge in [0.15, 0.2) is 0 Å². The second kappa shape index (κ2) is 8.45. The van der Waals surface area contributed by atoms with Gasteiger partial charge in [-0.25, -0.2) is 9.97 Å². The van der Waals surface area contributed by atoms with Crippen molar-refractivity contribution in [3.8, 4) is 17.1 Å². The molecule has 1 fully saturated rings. The molecule has 3 heterocycles. The Balaban J connectivity index is 1.69. The summed E-state index contributed by atoms with van der Waals surface area (Å²) >= 11 is 0. The number of aromatic amines is 1. The predicted molar refractivity (Wildman–Crippen MR) is 109 cm³/mol. The summed E-state index contributed by atoms with van der Waals surface area (Å²) in [7, 11) is 1.45. The molecule has 3 aromatic rings. The van der Waals surface area contributed by atoms with E-state index in [4.69, 9.17) is 4.74 Å². The van der Waals surface area contributed by atoms with Gasteiger partial charge < -0.3 is 14.6 Å². The predicted octanol–water partition coefficient (Wildman–Crippen LogP) is 3.84. The van der Waals surface area contributed by atoms with E-state index in [1.54, 1.807) is 18.3 Å². The van der Waals surface area contributed by atoms with E-state index in [9.17, 15) is 22.8 Å². The topological polar surface area (TPSA) is 88.2 Å². The van der Waals surface area contributed by atoms with Gasteiger partial charge in [-0.1, -0.05) is 6.07 Å². The van der Waals surface area contributed by atoms with E-state index in [1.165, 1.54) is 30.2 Å². The van der Waals surface area contributed by atoms with Crippen LogP contribution in [0.2, 0.25) is 0 Å². The SMILES string of the molecule is COc1ncccc1-c1cc(=O)[nH]c(C2CCCN2C(=O)c2cccc(C(F)(F)F)c2)n1. The summed E-state index contributed by atoms with van der Waals surface area (Å²) in [6.07, 6.45) is -1.87. The Morgan fingerprint density at radius 2 is 2.03 bits per heavy atom. The third kappa shape index (κ3) is 4.20. The molecule has 1 atom stereocenters. The highest BCUT2D eigenvalue weighted by atomic mass is 19.4. The van der Waals surface area contributed by atoms with Gasteiger partial charge in [0, 0.05) is 24.4 Å². The van der Waals surface area contributed by atoms with Crippen molar-refractivity contribution in [2.24, 2.45) is 0 Å². The second-order valence-electron chi connectivity index (χ2n) is 7.31. The normalized spacial score (nSPS) is 16.2. The van der Waals surface area contributed by atoms with Crippen LogP contribution >= 0.6 is 0 Å². The fourth-order valence-corrected chi connectivity index (χ4v) is 3.81. The second-order valence-corrected chi connectivity index (χ2v) is 7.31. The lowest BCUT2D eigenvalue weighted by molar-refractivity contribution is -0.137. The van der Waals surface area contributed by atoms with E-state index in [1.807, 2.05) is 0 Å². The van der Waals surface area contributed by atoms with Crippen LogP contribution in [-0.4, -0.2) is 39.4 Å². The largest absolute Gasteiger partial charge is 0.481 e. The molecule has 10 heteroatoms. The van der Waals surface area contributed by atoms with Crippen LogP contribution in [0.3, 0.4) is 0 Å². The summed E-state index contributed by atoms with van der Waals surface area (Å²) in [6, 6.07) is 8.42. The summed E-state index contributed by atoms with van der Waals surface area (Å²) in [5.74, 6) is 0.00159. The molecule has 1 aliphatic heterocycles. The zero-order valence-corrected chi connectivity index (χ0v) is 17.0. The number of H-pyrrole nitrogens is 1. The van der Waals surface area contributed by atoms with Gasteiger partial charge in [0.05, 0.1) is 30.0 Å². The number of methoxy groups -OCH3 is 1. The quantitative estimate of drug-likeness (QED) is 0.661. The van der Waals surface area contributed by atoms with Crippen LogP contribution in [0.25, 0.3) is 11.3 Å². The van der Waals surface area contributed by atoms with E-state index in [0.29, 0.717) is 36.5 Å². The minimum atomic E-state index is -4.55. The van der Waals surface area contributed by atoms with Crippen LogP contribution in [0.5, 0.6) is 5.88 Å². The smallest absolute Gasteiger partial charge is 0.416 e. The van der Waals surface area contributed by atoms with Crippen LogP contribution in [0.15, 0.2) is 53.5 Å². The molecular weight excluding hydrogens is 425 g/mol. The van der Waals surface area contributed by atoms with Crippen LogP contribution in [0, 0.1) is 0 Å². The molecular formula is C22H19F3N4O3. The van der Waals surface area contributed by atoms with Crippen molar-refractivity contribution >= 4 is 5.91 Å². The number of hydrogen-bond donors (Lipinski definition) is 1. The summed E-state index contributed by atoms with van der Waals surface area (Å²) in [5.41, 5.74) is -0.548. The molecule has 166 valence electrons. The van der Waals surface area contributed by atoms with Gasteiger partial charge in [0.2, 0.25) is 5.88 Å². The Bertz CT molecular complexity index is 1210. The zero-order chi connectivity index (χ0) is 22.9. The number of carbonyl (C=O) groups is 1. The number of hydrogen-bond acceptors (Lipinski definition) is 5. The van der Waals surface area contributed by atoms with Gasteiger partial charge in [-0.05, 0) is 43.2 Å². The van der Waals surface area contributed by atoms with Crippen LogP contribution < -0.4 is 10.3 Å². The number of likely N-dealkylation sites (tertiary alicyclic amines) is 1. The maximum absolute atomic E-state index is 13.1. The van der Waals surface area contributed by atoms with Crippen LogP contribution in [-0.2, 0) is 6.18 Å². The number of pyridine rings is 1. The summed E-state index contributed by atoms with van der Waals surface area (Å²) < 4.78 is 44.5. The number of nitrogens with zero attached hydrogens (tertiary/aromatic N) is 3. The Hall–Kier alpha value is -3.69. The van der Waals surface area contributed by atoms with Gasteiger partial charge in [-0.2, -0.15) is 13.2 Å².